The minimum absolute atomic E-state index is 0.0952. The lowest BCUT2D eigenvalue weighted by atomic mass is 10.1. The molecule has 1 aliphatic carbocycles. The van der Waals surface area contributed by atoms with Crippen LogP contribution >= 0.6 is 11.6 Å². The van der Waals surface area contributed by atoms with Crippen LogP contribution in [0, 0.1) is 10.1 Å². The molecule has 1 heterocycles. The molecule has 1 aromatic heterocycles. The maximum atomic E-state index is 10.6. The third-order valence-electron chi connectivity index (χ3n) is 3.74. The molecule has 0 bridgehead atoms. The van der Waals surface area contributed by atoms with Crippen molar-refractivity contribution in [3.63, 3.8) is 0 Å². The molecule has 1 aliphatic rings. The molecular formula is C14H21ClN4O2. The van der Waals surface area contributed by atoms with Crippen LogP contribution in [0.1, 0.15) is 38.5 Å². The summed E-state index contributed by atoms with van der Waals surface area (Å²) in [5, 5.41) is 17.5. The Balaban J connectivity index is 1.74. The highest BCUT2D eigenvalue weighted by Crippen LogP contribution is 2.23. The van der Waals surface area contributed by atoms with Gasteiger partial charge >= 0.3 is 0 Å². The Labute approximate surface area is 129 Å². The molecule has 7 heteroatoms. The summed E-state index contributed by atoms with van der Waals surface area (Å²) in [6.07, 6.45) is 9.01. The first kappa shape index (κ1) is 16.0. The van der Waals surface area contributed by atoms with Crippen LogP contribution in [0.15, 0.2) is 12.3 Å². The Kier molecular flexibility index (Phi) is 6.20. The SMILES string of the molecule is O=[N+]([O-])c1cnc(NCCNC2CCCCCC2)c(Cl)c1. The van der Waals surface area contributed by atoms with Crippen molar-refractivity contribution in [3.05, 3.63) is 27.4 Å². The van der Waals surface area contributed by atoms with E-state index in [0.717, 1.165) is 6.54 Å². The van der Waals surface area contributed by atoms with Crippen LogP contribution in [0.3, 0.4) is 0 Å². The maximum absolute atomic E-state index is 10.6. The van der Waals surface area contributed by atoms with E-state index in [1.54, 1.807) is 0 Å². The Morgan fingerprint density at radius 1 is 1.29 bits per heavy atom. The molecule has 0 aromatic carbocycles. The van der Waals surface area contributed by atoms with E-state index in [-0.39, 0.29) is 10.7 Å². The summed E-state index contributed by atoms with van der Waals surface area (Å²) in [7, 11) is 0. The standard InChI is InChI=1S/C14H21ClN4O2/c15-13-9-12(19(20)21)10-18-14(13)17-8-7-16-11-5-3-1-2-4-6-11/h9-11,16H,1-8H2,(H,17,18). The summed E-state index contributed by atoms with van der Waals surface area (Å²) in [5.41, 5.74) is -0.0952. The molecule has 0 amide bonds. The molecular weight excluding hydrogens is 292 g/mol. The van der Waals surface area contributed by atoms with Gasteiger partial charge in [-0.15, -0.1) is 0 Å². The summed E-state index contributed by atoms with van der Waals surface area (Å²) in [5.74, 6) is 0.491. The van der Waals surface area contributed by atoms with E-state index in [1.807, 2.05) is 0 Å². The van der Waals surface area contributed by atoms with Crippen LogP contribution in [-0.2, 0) is 0 Å². The summed E-state index contributed by atoms with van der Waals surface area (Å²) < 4.78 is 0. The molecule has 1 fully saturated rings. The summed E-state index contributed by atoms with van der Waals surface area (Å²) >= 11 is 5.97. The third kappa shape index (κ3) is 5.13. The molecule has 6 nitrogen and oxygen atoms in total. The predicted octanol–water partition coefficient (Wildman–Crippen LogP) is 3.37. The van der Waals surface area contributed by atoms with E-state index < -0.39 is 4.92 Å². The lowest BCUT2D eigenvalue weighted by molar-refractivity contribution is -0.385. The van der Waals surface area contributed by atoms with Gasteiger partial charge in [-0.1, -0.05) is 37.3 Å². The number of hydrogen-bond acceptors (Lipinski definition) is 5. The van der Waals surface area contributed by atoms with E-state index >= 15 is 0 Å². The fourth-order valence-electron chi connectivity index (χ4n) is 2.60. The van der Waals surface area contributed by atoms with E-state index in [2.05, 4.69) is 15.6 Å². The topological polar surface area (TPSA) is 80.1 Å². The summed E-state index contributed by atoms with van der Waals surface area (Å²) in [4.78, 5) is 14.1. The average molecular weight is 313 g/mol. The smallest absolute Gasteiger partial charge is 0.289 e. The van der Waals surface area contributed by atoms with Crippen LogP contribution in [0.2, 0.25) is 5.02 Å². The largest absolute Gasteiger partial charge is 0.368 e. The van der Waals surface area contributed by atoms with Gasteiger partial charge in [0, 0.05) is 25.2 Å². The predicted molar refractivity (Wildman–Crippen MR) is 83.9 cm³/mol. The van der Waals surface area contributed by atoms with Crippen molar-refractivity contribution in [2.45, 2.75) is 44.6 Å². The number of nitrogens with zero attached hydrogens (tertiary/aromatic N) is 2. The van der Waals surface area contributed by atoms with E-state index in [4.69, 9.17) is 11.6 Å². The number of hydrogen-bond donors (Lipinski definition) is 2. The second kappa shape index (κ2) is 8.14. The minimum atomic E-state index is -0.504. The number of aromatic nitrogens is 1. The number of halogens is 1. The fourth-order valence-corrected chi connectivity index (χ4v) is 2.83. The van der Waals surface area contributed by atoms with Gasteiger partial charge in [-0.2, -0.15) is 0 Å². The molecule has 116 valence electrons. The van der Waals surface area contributed by atoms with Crippen molar-refractivity contribution in [1.82, 2.24) is 10.3 Å². The first-order valence-electron chi connectivity index (χ1n) is 7.44. The molecule has 21 heavy (non-hydrogen) atoms. The van der Waals surface area contributed by atoms with Crippen LogP contribution in [0.25, 0.3) is 0 Å². The molecule has 0 spiro atoms. The second-order valence-electron chi connectivity index (χ2n) is 5.35. The molecule has 1 saturated carbocycles. The molecule has 0 radical (unpaired) electrons. The molecule has 1 aromatic rings. The van der Waals surface area contributed by atoms with Crippen molar-refractivity contribution in [2.75, 3.05) is 18.4 Å². The van der Waals surface area contributed by atoms with Crippen molar-refractivity contribution in [3.8, 4) is 0 Å². The zero-order valence-electron chi connectivity index (χ0n) is 12.0. The lowest BCUT2D eigenvalue weighted by Crippen LogP contribution is -2.32. The monoisotopic (exact) mass is 312 g/mol. The van der Waals surface area contributed by atoms with Gasteiger partial charge in [0.15, 0.2) is 0 Å². The third-order valence-corrected chi connectivity index (χ3v) is 4.03. The van der Waals surface area contributed by atoms with Gasteiger partial charge in [0.25, 0.3) is 5.69 Å². The molecule has 0 atom stereocenters. The van der Waals surface area contributed by atoms with Crippen molar-refractivity contribution >= 4 is 23.1 Å². The summed E-state index contributed by atoms with van der Waals surface area (Å²) in [6.45, 7) is 1.53. The van der Waals surface area contributed by atoms with Crippen LogP contribution in [0.5, 0.6) is 0 Å². The van der Waals surface area contributed by atoms with E-state index in [0.29, 0.717) is 18.4 Å². The Hall–Kier alpha value is -1.40. The summed E-state index contributed by atoms with van der Waals surface area (Å²) in [6, 6.07) is 1.92. The van der Waals surface area contributed by atoms with Gasteiger partial charge in [-0.05, 0) is 12.8 Å². The van der Waals surface area contributed by atoms with Crippen LogP contribution < -0.4 is 10.6 Å². The Morgan fingerprint density at radius 2 is 2.00 bits per heavy atom. The molecule has 0 aliphatic heterocycles. The van der Waals surface area contributed by atoms with Crippen LogP contribution in [-0.4, -0.2) is 29.0 Å². The van der Waals surface area contributed by atoms with Gasteiger partial charge in [-0.3, -0.25) is 10.1 Å². The van der Waals surface area contributed by atoms with Gasteiger partial charge < -0.3 is 10.6 Å². The molecule has 2 N–H and O–H groups in total. The van der Waals surface area contributed by atoms with Crippen molar-refractivity contribution in [1.29, 1.82) is 0 Å². The number of nitro groups is 1. The molecule has 0 unspecified atom stereocenters. The van der Waals surface area contributed by atoms with Crippen molar-refractivity contribution < 1.29 is 4.92 Å². The van der Waals surface area contributed by atoms with E-state index in [9.17, 15) is 10.1 Å². The first-order chi connectivity index (χ1) is 10.2. The van der Waals surface area contributed by atoms with Gasteiger partial charge in [0.2, 0.25) is 0 Å². The highest BCUT2D eigenvalue weighted by Gasteiger charge is 2.12. The Bertz CT molecular complexity index is 476. The minimum Gasteiger partial charge on any atom is -0.368 e. The highest BCUT2D eigenvalue weighted by atomic mass is 35.5. The molecule has 0 saturated heterocycles. The lowest BCUT2D eigenvalue weighted by Gasteiger charge is -2.16. The van der Waals surface area contributed by atoms with Gasteiger partial charge in [-0.25, -0.2) is 4.98 Å². The number of anilines is 1. The first-order valence-corrected chi connectivity index (χ1v) is 7.82. The van der Waals surface area contributed by atoms with Crippen LogP contribution in [0.4, 0.5) is 11.5 Å². The number of rotatable bonds is 6. The van der Waals surface area contributed by atoms with Gasteiger partial charge in [0.1, 0.15) is 12.0 Å². The average Bonchev–Trinajstić information content (AvgIpc) is 2.73. The molecule has 2 rings (SSSR count). The van der Waals surface area contributed by atoms with E-state index in [1.165, 1.54) is 50.8 Å². The highest BCUT2D eigenvalue weighted by molar-refractivity contribution is 6.33. The maximum Gasteiger partial charge on any atom is 0.289 e. The number of nitrogens with one attached hydrogen (secondary N) is 2. The number of pyridine rings is 1. The second-order valence-corrected chi connectivity index (χ2v) is 5.76. The Morgan fingerprint density at radius 3 is 2.62 bits per heavy atom. The normalized spacial score (nSPS) is 16.4. The van der Waals surface area contributed by atoms with Crippen molar-refractivity contribution in [2.24, 2.45) is 0 Å². The van der Waals surface area contributed by atoms with Gasteiger partial charge in [0.05, 0.1) is 9.95 Å². The fraction of sp³-hybridized carbons (Fsp3) is 0.643. The zero-order valence-corrected chi connectivity index (χ0v) is 12.7. The quantitative estimate of drug-likeness (QED) is 0.364. The zero-order chi connectivity index (χ0) is 15.1.